The third kappa shape index (κ3) is 3.67. The number of benzene rings is 2. The van der Waals surface area contributed by atoms with E-state index in [1.54, 1.807) is 0 Å². The molecule has 0 spiro atoms. The number of carbonyl (C=O) groups is 2. The van der Waals surface area contributed by atoms with Crippen molar-refractivity contribution in [3.8, 4) is 0 Å². The van der Waals surface area contributed by atoms with Crippen molar-refractivity contribution in [1.29, 1.82) is 0 Å². The molecule has 2 aromatic carbocycles. The smallest absolute Gasteiger partial charge is 0.348 e. The minimum Gasteiger partial charge on any atom is -0.398 e. The Bertz CT molecular complexity index is 837. The van der Waals surface area contributed by atoms with Crippen molar-refractivity contribution in [2.75, 3.05) is 11.5 Å². The Hall–Kier alpha value is -4.02. The lowest BCUT2D eigenvalue weighted by molar-refractivity contribution is -0.385. The van der Waals surface area contributed by atoms with E-state index in [4.69, 9.17) is 11.5 Å². The molecule has 0 saturated heterocycles. The quantitative estimate of drug-likeness (QED) is 0.273. The third-order valence-electron chi connectivity index (χ3n) is 3.12. The number of carbonyl (C=O) groups excluding carboxylic acids is 2. The molecule has 0 aliphatic heterocycles. The standard InChI is InChI=1S/C14H10N4O7/c15-11-3-1-7(17(21)22)5-9(11)13(19)25-14(20)10-6-8(18(23)24)2-4-12(10)16/h1-6H,15-16H2. The second kappa shape index (κ2) is 6.62. The van der Waals surface area contributed by atoms with Gasteiger partial charge in [0.25, 0.3) is 11.4 Å². The van der Waals surface area contributed by atoms with E-state index in [1.807, 2.05) is 0 Å². The Morgan fingerprint density at radius 3 is 1.48 bits per heavy atom. The van der Waals surface area contributed by atoms with Gasteiger partial charge in [-0.1, -0.05) is 0 Å². The van der Waals surface area contributed by atoms with E-state index in [-0.39, 0.29) is 11.4 Å². The van der Waals surface area contributed by atoms with Crippen LogP contribution in [-0.2, 0) is 4.74 Å². The Kier molecular flexibility index (Phi) is 4.59. The number of hydrogen-bond donors (Lipinski definition) is 2. The van der Waals surface area contributed by atoms with Crippen molar-refractivity contribution in [1.82, 2.24) is 0 Å². The molecule has 0 radical (unpaired) electrons. The first kappa shape index (κ1) is 17.3. The maximum absolute atomic E-state index is 12.0. The predicted molar refractivity (Wildman–Crippen MR) is 84.8 cm³/mol. The minimum atomic E-state index is -1.25. The summed E-state index contributed by atoms with van der Waals surface area (Å²) in [7, 11) is 0. The van der Waals surface area contributed by atoms with Crippen molar-refractivity contribution in [3.63, 3.8) is 0 Å². The van der Waals surface area contributed by atoms with Gasteiger partial charge in [0.1, 0.15) is 0 Å². The summed E-state index contributed by atoms with van der Waals surface area (Å²) in [6, 6.07) is 6.07. The minimum absolute atomic E-state index is 0.143. The van der Waals surface area contributed by atoms with E-state index in [1.165, 1.54) is 0 Å². The number of rotatable bonds is 4. The topological polar surface area (TPSA) is 182 Å². The van der Waals surface area contributed by atoms with Gasteiger partial charge in [0.05, 0.1) is 21.0 Å². The van der Waals surface area contributed by atoms with E-state index < -0.39 is 44.3 Å². The Labute approximate surface area is 139 Å². The van der Waals surface area contributed by atoms with Crippen molar-refractivity contribution in [2.45, 2.75) is 0 Å². The zero-order valence-corrected chi connectivity index (χ0v) is 12.4. The SMILES string of the molecule is Nc1ccc([N+](=O)[O-])cc1C(=O)OC(=O)c1cc([N+](=O)[O-])ccc1N. The Morgan fingerprint density at radius 1 is 0.800 bits per heavy atom. The lowest BCUT2D eigenvalue weighted by Gasteiger charge is -2.07. The molecule has 0 aliphatic rings. The van der Waals surface area contributed by atoms with Gasteiger partial charge < -0.3 is 16.2 Å². The number of anilines is 2. The summed E-state index contributed by atoms with van der Waals surface area (Å²) >= 11 is 0. The van der Waals surface area contributed by atoms with E-state index in [0.717, 1.165) is 36.4 Å². The van der Waals surface area contributed by atoms with Crippen LogP contribution in [0, 0.1) is 20.2 Å². The lowest BCUT2D eigenvalue weighted by Crippen LogP contribution is -2.16. The van der Waals surface area contributed by atoms with Gasteiger partial charge >= 0.3 is 11.9 Å². The molecule has 0 saturated carbocycles. The van der Waals surface area contributed by atoms with Gasteiger partial charge in [-0.05, 0) is 12.1 Å². The lowest BCUT2D eigenvalue weighted by atomic mass is 10.1. The van der Waals surface area contributed by atoms with Crippen LogP contribution in [-0.4, -0.2) is 21.8 Å². The van der Waals surface area contributed by atoms with Crippen LogP contribution in [0.1, 0.15) is 20.7 Å². The van der Waals surface area contributed by atoms with E-state index in [9.17, 15) is 29.8 Å². The van der Waals surface area contributed by atoms with Crippen molar-refractivity contribution in [3.05, 3.63) is 67.8 Å². The van der Waals surface area contributed by atoms with Gasteiger partial charge in [0.15, 0.2) is 0 Å². The highest BCUT2D eigenvalue weighted by atomic mass is 16.6. The maximum atomic E-state index is 12.0. The molecule has 0 fully saturated rings. The van der Waals surface area contributed by atoms with E-state index in [2.05, 4.69) is 4.74 Å². The number of non-ortho nitro benzene ring substituents is 2. The molecule has 0 bridgehead atoms. The number of ether oxygens (including phenoxy) is 1. The number of nitro groups is 2. The fourth-order valence-electron chi connectivity index (χ4n) is 1.86. The van der Waals surface area contributed by atoms with Gasteiger partial charge in [0, 0.05) is 35.6 Å². The molecule has 11 heteroatoms. The van der Waals surface area contributed by atoms with E-state index >= 15 is 0 Å². The summed E-state index contributed by atoms with van der Waals surface area (Å²) in [5.41, 5.74) is 9.17. The van der Waals surface area contributed by atoms with Crippen LogP contribution < -0.4 is 11.5 Å². The fourth-order valence-corrected chi connectivity index (χ4v) is 1.86. The normalized spacial score (nSPS) is 10.1. The Balaban J connectivity index is 2.31. The number of nitro benzene ring substituents is 2. The molecule has 0 aromatic heterocycles. The van der Waals surface area contributed by atoms with Gasteiger partial charge in [0.2, 0.25) is 0 Å². The first-order valence-corrected chi connectivity index (χ1v) is 6.55. The molecule has 2 aromatic rings. The van der Waals surface area contributed by atoms with Gasteiger partial charge in [-0.2, -0.15) is 0 Å². The van der Waals surface area contributed by atoms with Gasteiger partial charge in [-0.25, -0.2) is 9.59 Å². The fraction of sp³-hybridized carbons (Fsp3) is 0. The second-order valence-corrected chi connectivity index (χ2v) is 4.73. The molecule has 4 N–H and O–H groups in total. The Morgan fingerprint density at radius 2 is 1.16 bits per heavy atom. The molecule has 0 unspecified atom stereocenters. The third-order valence-corrected chi connectivity index (χ3v) is 3.12. The molecule has 0 amide bonds. The molecule has 0 heterocycles. The average molecular weight is 346 g/mol. The summed E-state index contributed by atoms with van der Waals surface area (Å²) in [5.74, 6) is -2.51. The van der Waals surface area contributed by atoms with Crippen molar-refractivity contribution < 1.29 is 24.2 Å². The van der Waals surface area contributed by atoms with Crippen LogP contribution >= 0.6 is 0 Å². The maximum Gasteiger partial charge on any atom is 0.348 e. The largest absolute Gasteiger partial charge is 0.398 e. The monoisotopic (exact) mass is 346 g/mol. The molecule has 25 heavy (non-hydrogen) atoms. The zero-order valence-electron chi connectivity index (χ0n) is 12.4. The van der Waals surface area contributed by atoms with Crippen LogP contribution in [0.4, 0.5) is 22.7 Å². The summed E-state index contributed by atoms with van der Waals surface area (Å²) in [6.45, 7) is 0. The number of esters is 2. The van der Waals surface area contributed by atoms with Crippen LogP contribution in [0.3, 0.4) is 0 Å². The first-order valence-electron chi connectivity index (χ1n) is 6.55. The highest BCUT2D eigenvalue weighted by Crippen LogP contribution is 2.23. The molecule has 11 nitrogen and oxygen atoms in total. The highest BCUT2D eigenvalue weighted by Gasteiger charge is 2.23. The van der Waals surface area contributed by atoms with Crippen LogP contribution in [0.15, 0.2) is 36.4 Å². The average Bonchev–Trinajstić information content (AvgIpc) is 2.54. The van der Waals surface area contributed by atoms with Gasteiger partial charge in [-0.3, -0.25) is 20.2 Å². The zero-order chi connectivity index (χ0) is 18.7. The number of nitrogens with zero attached hydrogens (tertiary/aromatic N) is 2. The van der Waals surface area contributed by atoms with Crippen molar-refractivity contribution in [2.24, 2.45) is 0 Å². The van der Waals surface area contributed by atoms with Crippen LogP contribution in [0.25, 0.3) is 0 Å². The summed E-state index contributed by atoms with van der Waals surface area (Å²) in [4.78, 5) is 44.0. The van der Waals surface area contributed by atoms with Gasteiger partial charge in [-0.15, -0.1) is 0 Å². The summed E-state index contributed by atoms with van der Waals surface area (Å²) in [5, 5.41) is 21.5. The van der Waals surface area contributed by atoms with E-state index in [0.29, 0.717) is 0 Å². The first-order chi connectivity index (χ1) is 11.7. The summed E-state index contributed by atoms with van der Waals surface area (Å²) < 4.78 is 4.57. The van der Waals surface area contributed by atoms with Crippen LogP contribution in [0.2, 0.25) is 0 Å². The highest BCUT2D eigenvalue weighted by molar-refractivity contribution is 6.07. The number of hydrogen-bond acceptors (Lipinski definition) is 9. The van der Waals surface area contributed by atoms with Crippen molar-refractivity contribution >= 4 is 34.7 Å². The predicted octanol–water partition coefficient (Wildman–Crippen LogP) is 1.66. The van der Waals surface area contributed by atoms with Crippen LogP contribution in [0.5, 0.6) is 0 Å². The number of nitrogens with two attached hydrogens (primary N) is 2. The molecule has 0 atom stereocenters. The number of nitrogen functional groups attached to an aromatic ring is 2. The second-order valence-electron chi connectivity index (χ2n) is 4.73. The molecule has 128 valence electrons. The molecule has 0 aliphatic carbocycles. The molecular weight excluding hydrogens is 336 g/mol. The molecule has 2 rings (SSSR count). The summed E-state index contributed by atoms with van der Waals surface area (Å²) in [6.07, 6.45) is 0. The molecular formula is C14H10N4O7.